The molecule has 1 atom stereocenters. The summed E-state index contributed by atoms with van der Waals surface area (Å²) in [5, 5.41) is 12.9. The molecule has 140 valence electrons. The Kier molecular flexibility index (Phi) is 5.37. The molecule has 0 spiro atoms. The van der Waals surface area contributed by atoms with E-state index in [1.165, 1.54) is 0 Å². The van der Waals surface area contributed by atoms with Crippen molar-refractivity contribution in [2.45, 2.75) is 53.1 Å². The summed E-state index contributed by atoms with van der Waals surface area (Å²) in [7, 11) is -3.12. The molecule has 0 aromatic heterocycles. The maximum absolute atomic E-state index is 12.6. The zero-order valence-corrected chi connectivity index (χ0v) is 16.3. The molecule has 0 bridgehead atoms. The van der Waals surface area contributed by atoms with Crippen molar-refractivity contribution >= 4 is 15.7 Å². The van der Waals surface area contributed by atoms with Gasteiger partial charge in [-0.05, 0) is 50.8 Å². The Morgan fingerprint density at radius 2 is 1.88 bits per heavy atom. The SMILES string of the molecule is CCS(=O)(=O)CCNC(=O)C1(C)CCc2c(C)c(O)c(C)c(C)c2O1. The summed E-state index contributed by atoms with van der Waals surface area (Å²) in [6.45, 7) is 8.92. The van der Waals surface area contributed by atoms with E-state index < -0.39 is 15.4 Å². The number of hydrogen-bond donors (Lipinski definition) is 2. The summed E-state index contributed by atoms with van der Waals surface area (Å²) < 4.78 is 29.2. The lowest BCUT2D eigenvalue weighted by atomic mass is 9.86. The standard InChI is InChI=1S/C18H27NO5S/c1-6-25(22,23)10-9-19-17(21)18(5)8-7-14-13(4)15(20)11(2)12(3)16(14)24-18/h20H,6-10H2,1-5H3,(H,19,21). The monoisotopic (exact) mass is 369 g/mol. The van der Waals surface area contributed by atoms with Gasteiger partial charge in [-0.2, -0.15) is 0 Å². The summed E-state index contributed by atoms with van der Waals surface area (Å²) in [4.78, 5) is 12.6. The fraction of sp³-hybridized carbons (Fsp3) is 0.611. The van der Waals surface area contributed by atoms with E-state index in [9.17, 15) is 18.3 Å². The lowest BCUT2D eigenvalue weighted by Crippen LogP contribution is -2.51. The first-order valence-electron chi connectivity index (χ1n) is 8.51. The van der Waals surface area contributed by atoms with Crippen LogP contribution >= 0.6 is 0 Å². The van der Waals surface area contributed by atoms with Crippen LogP contribution in [-0.4, -0.2) is 43.1 Å². The van der Waals surface area contributed by atoms with Crippen LogP contribution in [0.15, 0.2) is 0 Å². The Morgan fingerprint density at radius 3 is 2.48 bits per heavy atom. The van der Waals surface area contributed by atoms with Gasteiger partial charge in [0.15, 0.2) is 15.4 Å². The minimum Gasteiger partial charge on any atom is -0.507 e. The maximum atomic E-state index is 12.6. The number of rotatable bonds is 5. The predicted molar refractivity (Wildman–Crippen MR) is 97.0 cm³/mol. The van der Waals surface area contributed by atoms with Crippen molar-refractivity contribution in [3.63, 3.8) is 0 Å². The Balaban J connectivity index is 2.19. The van der Waals surface area contributed by atoms with Crippen molar-refractivity contribution in [1.82, 2.24) is 5.32 Å². The first-order chi connectivity index (χ1) is 11.5. The second kappa shape index (κ2) is 6.86. The molecule has 2 N–H and O–H groups in total. The number of benzene rings is 1. The van der Waals surface area contributed by atoms with E-state index in [0.29, 0.717) is 18.6 Å². The largest absolute Gasteiger partial charge is 0.507 e. The van der Waals surface area contributed by atoms with Gasteiger partial charge < -0.3 is 15.2 Å². The van der Waals surface area contributed by atoms with Crippen molar-refractivity contribution in [3.05, 3.63) is 22.3 Å². The van der Waals surface area contributed by atoms with Gasteiger partial charge in [-0.15, -0.1) is 0 Å². The number of aromatic hydroxyl groups is 1. The highest BCUT2D eigenvalue weighted by atomic mass is 32.2. The molecule has 25 heavy (non-hydrogen) atoms. The first kappa shape index (κ1) is 19.6. The number of carbonyl (C=O) groups excluding carboxylic acids is 1. The van der Waals surface area contributed by atoms with Gasteiger partial charge in [0.25, 0.3) is 5.91 Å². The van der Waals surface area contributed by atoms with E-state index in [1.54, 1.807) is 13.8 Å². The summed E-state index contributed by atoms with van der Waals surface area (Å²) in [6, 6.07) is 0. The molecular weight excluding hydrogens is 342 g/mol. The Hall–Kier alpha value is -1.76. The molecule has 1 aromatic carbocycles. The summed E-state index contributed by atoms with van der Waals surface area (Å²) >= 11 is 0. The van der Waals surface area contributed by atoms with E-state index >= 15 is 0 Å². The lowest BCUT2D eigenvalue weighted by molar-refractivity contribution is -0.136. The average Bonchev–Trinajstić information content (AvgIpc) is 2.57. The molecule has 1 unspecified atom stereocenters. The number of fused-ring (bicyclic) bond motifs is 1. The quantitative estimate of drug-likeness (QED) is 0.828. The number of sulfone groups is 1. The zero-order chi connectivity index (χ0) is 19.0. The molecule has 6 nitrogen and oxygen atoms in total. The Labute approximate surface area is 149 Å². The predicted octanol–water partition coefficient (Wildman–Crippen LogP) is 1.95. The highest BCUT2D eigenvalue weighted by Crippen LogP contribution is 2.43. The maximum Gasteiger partial charge on any atom is 0.263 e. The van der Waals surface area contributed by atoms with Crippen LogP contribution < -0.4 is 10.1 Å². The van der Waals surface area contributed by atoms with Gasteiger partial charge in [0, 0.05) is 24.3 Å². The van der Waals surface area contributed by atoms with Gasteiger partial charge in [-0.1, -0.05) is 6.92 Å². The molecular formula is C18H27NO5S. The normalized spacial score (nSPS) is 19.9. The third-order valence-electron chi connectivity index (χ3n) is 5.14. The van der Waals surface area contributed by atoms with Crippen LogP contribution in [-0.2, 0) is 21.1 Å². The number of carbonyl (C=O) groups is 1. The number of ether oxygens (including phenoxy) is 1. The van der Waals surface area contributed by atoms with Crippen LogP contribution in [0.5, 0.6) is 11.5 Å². The summed E-state index contributed by atoms with van der Waals surface area (Å²) in [6.07, 6.45) is 1.09. The van der Waals surface area contributed by atoms with Crippen LogP contribution in [0.25, 0.3) is 0 Å². The number of phenols is 1. The molecule has 7 heteroatoms. The summed E-state index contributed by atoms with van der Waals surface area (Å²) in [5.74, 6) is 0.598. The number of phenolic OH excluding ortho intramolecular Hbond substituents is 1. The van der Waals surface area contributed by atoms with Gasteiger partial charge in [0.1, 0.15) is 11.5 Å². The Morgan fingerprint density at radius 1 is 1.24 bits per heavy atom. The molecule has 0 aliphatic carbocycles. The smallest absolute Gasteiger partial charge is 0.263 e. The number of amides is 1. The molecule has 1 aliphatic rings. The van der Waals surface area contributed by atoms with Gasteiger partial charge in [0.2, 0.25) is 0 Å². The minimum absolute atomic E-state index is 0.0608. The molecule has 1 heterocycles. The van der Waals surface area contributed by atoms with Gasteiger partial charge in [0.05, 0.1) is 5.75 Å². The molecule has 0 saturated heterocycles. The summed E-state index contributed by atoms with van der Waals surface area (Å²) in [5.41, 5.74) is 2.23. The van der Waals surface area contributed by atoms with Gasteiger partial charge in [-0.25, -0.2) is 8.42 Å². The molecule has 1 aromatic rings. The van der Waals surface area contributed by atoms with E-state index in [4.69, 9.17) is 4.74 Å². The lowest BCUT2D eigenvalue weighted by Gasteiger charge is -2.36. The topological polar surface area (TPSA) is 92.7 Å². The molecule has 0 radical (unpaired) electrons. The van der Waals surface area contributed by atoms with Gasteiger partial charge >= 0.3 is 0 Å². The number of hydrogen-bond acceptors (Lipinski definition) is 5. The third kappa shape index (κ3) is 3.76. The van der Waals surface area contributed by atoms with Crippen LogP contribution in [0.3, 0.4) is 0 Å². The fourth-order valence-corrected chi connectivity index (χ4v) is 3.76. The van der Waals surface area contributed by atoms with E-state index in [1.807, 2.05) is 20.8 Å². The minimum atomic E-state index is -3.12. The average molecular weight is 369 g/mol. The zero-order valence-electron chi connectivity index (χ0n) is 15.5. The van der Waals surface area contributed by atoms with Crippen LogP contribution in [0.4, 0.5) is 0 Å². The van der Waals surface area contributed by atoms with Crippen molar-refractivity contribution < 1.29 is 23.1 Å². The Bertz CT molecular complexity index is 800. The molecule has 2 rings (SSSR count). The van der Waals surface area contributed by atoms with Crippen molar-refractivity contribution in [3.8, 4) is 11.5 Å². The molecule has 1 amide bonds. The van der Waals surface area contributed by atoms with Crippen molar-refractivity contribution in [2.24, 2.45) is 0 Å². The van der Waals surface area contributed by atoms with Crippen LogP contribution in [0.1, 0.15) is 42.5 Å². The van der Waals surface area contributed by atoms with Crippen molar-refractivity contribution in [1.29, 1.82) is 0 Å². The van der Waals surface area contributed by atoms with Crippen molar-refractivity contribution in [2.75, 3.05) is 18.1 Å². The molecule has 0 fully saturated rings. The number of nitrogens with one attached hydrogen (secondary N) is 1. The van der Waals surface area contributed by atoms with Gasteiger partial charge in [-0.3, -0.25) is 4.79 Å². The second-order valence-corrected chi connectivity index (χ2v) is 9.33. The van der Waals surface area contributed by atoms with E-state index in [0.717, 1.165) is 22.3 Å². The first-order valence-corrected chi connectivity index (χ1v) is 10.3. The third-order valence-corrected chi connectivity index (χ3v) is 6.84. The second-order valence-electron chi connectivity index (χ2n) is 6.86. The van der Waals surface area contributed by atoms with Crippen LogP contribution in [0, 0.1) is 20.8 Å². The molecule has 1 aliphatic heterocycles. The highest BCUT2D eigenvalue weighted by Gasteiger charge is 2.40. The van der Waals surface area contributed by atoms with E-state index in [2.05, 4.69) is 5.32 Å². The van der Waals surface area contributed by atoms with E-state index in [-0.39, 0.29) is 29.7 Å². The highest BCUT2D eigenvalue weighted by molar-refractivity contribution is 7.91. The molecule has 0 saturated carbocycles. The van der Waals surface area contributed by atoms with Crippen LogP contribution in [0.2, 0.25) is 0 Å². The fourth-order valence-electron chi connectivity index (χ4n) is 3.06.